The zero-order chi connectivity index (χ0) is 27.4. The fourth-order valence-corrected chi connectivity index (χ4v) is 4.99. The van der Waals surface area contributed by atoms with Gasteiger partial charge in [0, 0.05) is 35.8 Å². The summed E-state index contributed by atoms with van der Waals surface area (Å²) in [5, 5.41) is 0. The molecule has 1 amide bonds. The van der Waals surface area contributed by atoms with Crippen LogP contribution in [0.4, 0.5) is 5.69 Å². The van der Waals surface area contributed by atoms with E-state index >= 15 is 0 Å². The Labute approximate surface area is 222 Å². The van der Waals surface area contributed by atoms with Crippen molar-refractivity contribution in [3.8, 4) is 5.75 Å². The van der Waals surface area contributed by atoms with Gasteiger partial charge < -0.3 is 14.2 Å². The smallest absolute Gasteiger partial charge is 0.274 e. The Morgan fingerprint density at radius 2 is 1.57 bits per heavy atom. The van der Waals surface area contributed by atoms with E-state index in [1.54, 1.807) is 4.90 Å². The molecule has 3 aromatic rings. The van der Waals surface area contributed by atoms with Crippen molar-refractivity contribution in [2.75, 3.05) is 18.6 Å². The first-order chi connectivity index (χ1) is 17.5. The number of nitrogens with zero attached hydrogens (tertiary/aromatic N) is 2. The predicted molar refractivity (Wildman–Crippen MR) is 152 cm³/mol. The lowest BCUT2D eigenvalue weighted by atomic mass is 9.72. The number of para-hydroxylation sites is 1. The molecule has 0 N–H and O–H groups in total. The lowest BCUT2D eigenvalue weighted by Crippen LogP contribution is -2.32. The third kappa shape index (κ3) is 5.66. The maximum atomic E-state index is 13.5. The van der Waals surface area contributed by atoms with Crippen molar-refractivity contribution in [3.63, 3.8) is 0 Å². The first-order valence-corrected chi connectivity index (χ1v) is 13.3. The first-order valence-electron chi connectivity index (χ1n) is 13.3. The van der Waals surface area contributed by atoms with E-state index in [0.717, 1.165) is 35.5 Å². The maximum absolute atomic E-state index is 13.5. The van der Waals surface area contributed by atoms with Crippen LogP contribution < -0.4 is 9.64 Å². The van der Waals surface area contributed by atoms with Crippen LogP contribution in [-0.2, 0) is 16.8 Å². The van der Waals surface area contributed by atoms with Gasteiger partial charge in [0.25, 0.3) is 5.91 Å². The van der Waals surface area contributed by atoms with Crippen molar-refractivity contribution < 1.29 is 14.3 Å². The Morgan fingerprint density at radius 1 is 0.919 bits per heavy atom. The molecule has 0 saturated heterocycles. The van der Waals surface area contributed by atoms with E-state index in [9.17, 15) is 9.59 Å². The molecule has 1 aromatic heterocycles. The molecule has 5 heteroatoms. The van der Waals surface area contributed by atoms with Crippen LogP contribution in [-0.4, -0.2) is 29.9 Å². The molecule has 0 aliphatic rings. The second kappa shape index (κ2) is 11.4. The number of aromatic nitrogens is 1. The first kappa shape index (κ1) is 28.2. The number of ketones is 1. The summed E-state index contributed by atoms with van der Waals surface area (Å²) in [4.78, 5) is 27.6. The minimum absolute atomic E-state index is 0.0242. The number of Topliss-reactive ketones (excluding diaryl/α,β-unsaturated/α-hetero) is 1. The number of carbonyl (C=O) groups is 2. The monoisotopic (exact) mass is 502 g/mol. The molecule has 0 atom stereocenters. The number of benzene rings is 2. The Hall–Kier alpha value is -3.34. The fourth-order valence-electron chi connectivity index (χ4n) is 4.99. The van der Waals surface area contributed by atoms with E-state index in [-0.39, 0.29) is 23.7 Å². The van der Waals surface area contributed by atoms with Crippen LogP contribution in [0.5, 0.6) is 5.75 Å². The molecule has 198 valence electrons. The van der Waals surface area contributed by atoms with Crippen LogP contribution in [0.25, 0.3) is 0 Å². The summed E-state index contributed by atoms with van der Waals surface area (Å²) >= 11 is 0. The summed E-state index contributed by atoms with van der Waals surface area (Å²) in [5.74, 6) is 0.781. The minimum Gasteiger partial charge on any atom is -0.486 e. The van der Waals surface area contributed by atoms with Crippen LogP contribution in [0, 0.1) is 12.3 Å². The highest BCUT2D eigenvalue weighted by Gasteiger charge is 2.35. The number of rotatable bonds is 10. The van der Waals surface area contributed by atoms with Gasteiger partial charge in [-0.1, -0.05) is 65.0 Å². The molecule has 0 unspecified atom stereocenters. The molecule has 0 bridgehead atoms. The van der Waals surface area contributed by atoms with Gasteiger partial charge in [0.1, 0.15) is 18.1 Å². The fraction of sp³-hybridized carbons (Fsp3) is 0.438. The van der Waals surface area contributed by atoms with Crippen LogP contribution in [0.3, 0.4) is 0 Å². The number of amides is 1. The highest BCUT2D eigenvalue weighted by molar-refractivity contribution is 6.04. The molecule has 0 saturated carbocycles. The highest BCUT2D eigenvalue weighted by atomic mass is 16.5. The van der Waals surface area contributed by atoms with E-state index in [1.165, 1.54) is 5.56 Å². The van der Waals surface area contributed by atoms with Gasteiger partial charge in [0.15, 0.2) is 5.78 Å². The largest absolute Gasteiger partial charge is 0.486 e. The van der Waals surface area contributed by atoms with Gasteiger partial charge in [-0.15, -0.1) is 0 Å². The lowest BCUT2D eigenvalue weighted by Gasteiger charge is -2.35. The number of carbonyl (C=O) groups excluding carboxylic acids is 2. The Balaban J connectivity index is 1.98. The van der Waals surface area contributed by atoms with Gasteiger partial charge in [-0.3, -0.25) is 9.59 Å². The van der Waals surface area contributed by atoms with Crippen molar-refractivity contribution in [3.05, 3.63) is 83.2 Å². The van der Waals surface area contributed by atoms with Gasteiger partial charge in [0.2, 0.25) is 0 Å². The summed E-state index contributed by atoms with van der Waals surface area (Å²) in [6, 6.07) is 20.1. The van der Waals surface area contributed by atoms with E-state index in [1.807, 2.05) is 77.2 Å². The van der Waals surface area contributed by atoms with Gasteiger partial charge in [0.05, 0.1) is 0 Å². The predicted octanol–water partition coefficient (Wildman–Crippen LogP) is 7.19. The van der Waals surface area contributed by atoms with Crippen LogP contribution in [0.15, 0.2) is 60.7 Å². The average Bonchev–Trinajstić information content (AvgIpc) is 3.32. The van der Waals surface area contributed by atoms with Crippen molar-refractivity contribution in [1.82, 2.24) is 4.57 Å². The average molecular weight is 503 g/mol. The molecule has 1 heterocycles. The normalized spacial score (nSPS) is 11.9. The van der Waals surface area contributed by atoms with Crippen molar-refractivity contribution >= 4 is 17.4 Å². The zero-order valence-electron chi connectivity index (χ0n) is 23.7. The van der Waals surface area contributed by atoms with Crippen molar-refractivity contribution in [1.29, 1.82) is 0 Å². The Kier molecular flexibility index (Phi) is 8.68. The van der Waals surface area contributed by atoms with Crippen LogP contribution >= 0.6 is 0 Å². The highest BCUT2D eigenvalue weighted by Crippen LogP contribution is 2.41. The number of hydrogen-bond acceptors (Lipinski definition) is 3. The quantitative estimate of drug-likeness (QED) is 0.295. The maximum Gasteiger partial charge on any atom is 0.274 e. The Morgan fingerprint density at radius 3 is 2.11 bits per heavy atom. The molecule has 0 fully saturated rings. The molecule has 3 rings (SSSR count). The number of anilines is 1. The number of hydrogen-bond donors (Lipinski definition) is 0. The van der Waals surface area contributed by atoms with Crippen LogP contribution in [0.2, 0.25) is 0 Å². The third-order valence-corrected chi connectivity index (χ3v) is 7.58. The summed E-state index contributed by atoms with van der Waals surface area (Å²) in [5.41, 5.74) is 4.19. The summed E-state index contributed by atoms with van der Waals surface area (Å²) in [7, 11) is 1.82. The summed E-state index contributed by atoms with van der Waals surface area (Å²) < 4.78 is 8.07. The molecule has 0 radical (unpaired) electrons. The van der Waals surface area contributed by atoms with Crippen LogP contribution in [0.1, 0.15) is 81.7 Å². The molecule has 0 aliphatic heterocycles. The topological polar surface area (TPSA) is 51.5 Å². The zero-order valence-corrected chi connectivity index (χ0v) is 23.7. The second-order valence-corrected chi connectivity index (χ2v) is 10.8. The molecule has 0 spiro atoms. The SMILES string of the molecule is CCn1c(C(=O)N(C)c2ccccc2)ccc1C(CC)(CC)c1ccc(OCC(=O)C(C)(C)C)c(C)c1. The number of ether oxygens (including phenoxy) is 1. The van der Waals surface area contributed by atoms with Gasteiger partial charge in [-0.05, 0) is 68.1 Å². The molecule has 5 nitrogen and oxygen atoms in total. The van der Waals surface area contributed by atoms with E-state index in [4.69, 9.17) is 4.74 Å². The van der Waals surface area contributed by atoms with Gasteiger partial charge in [-0.2, -0.15) is 0 Å². The molecule has 0 aliphatic carbocycles. The van der Waals surface area contributed by atoms with Crippen molar-refractivity contribution in [2.45, 2.75) is 73.3 Å². The standard InChI is InChI=1S/C32H42N2O3/c1-9-32(10-2,24-17-19-27(23(4)21-24)37-22-29(35)31(5,6)7)28-20-18-26(34(28)11-3)30(36)33(8)25-15-13-12-14-16-25/h12-21H,9-11,22H2,1-8H3. The van der Waals surface area contributed by atoms with E-state index in [2.05, 4.69) is 43.5 Å². The molecular weight excluding hydrogens is 460 g/mol. The van der Waals surface area contributed by atoms with E-state index in [0.29, 0.717) is 12.2 Å². The third-order valence-electron chi connectivity index (χ3n) is 7.58. The Bertz CT molecular complexity index is 1230. The van der Waals surface area contributed by atoms with Gasteiger partial charge in [-0.25, -0.2) is 0 Å². The summed E-state index contributed by atoms with van der Waals surface area (Å²) in [6.45, 7) is 15.0. The molecule has 2 aromatic carbocycles. The molecule has 37 heavy (non-hydrogen) atoms. The minimum atomic E-state index is -0.428. The second-order valence-electron chi connectivity index (χ2n) is 10.8. The molecular formula is C32H42N2O3. The van der Waals surface area contributed by atoms with Gasteiger partial charge >= 0.3 is 0 Å². The summed E-state index contributed by atoms with van der Waals surface area (Å²) in [6.07, 6.45) is 1.77. The van der Waals surface area contributed by atoms with Crippen molar-refractivity contribution in [2.24, 2.45) is 5.41 Å². The number of aryl methyl sites for hydroxylation is 1. The van der Waals surface area contributed by atoms with E-state index < -0.39 is 5.41 Å². The lowest BCUT2D eigenvalue weighted by molar-refractivity contribution is -0.128.